The van der Waals surface area contributed by atoms with Gasteiger partial charge in [0, 0.05) is 34.3 Å². The lowest BCUT2D eigenvalue weighted by atomic mass is 9.92. The first kappa shape index (κ1) is 28.8. The summed E-state index contributed by atoms with van der Waals surface area (Å²) in [5.41, 5.74) is 1.21. The summed E-state index contributed by atoms with van der Waals surface area (Å²) in [6, 6.07) is 17.9. The number of piperidine rings is 1. The SMILES string of the molecule is C=CC.CCC(CN(C)SC1CC1)N1C(=O)CCC[C@H]1c1ccc(Cl)cc1.Clc1ccccc1. The topological polar surface area (TPSA) is 23.6 Å². The van der Waals surface area contributed by atoms with Gasteiger partial charge in [-0.25, -0.2) is 0 Å². The normalized spacial score (nSPS) is 18.4. The molecule has 186 valence electrons. The Bertz CT molecular complexity index is 858. The number of nitrogens with zero attached hydrogens (tertiary/aromatic N) is 2. The van der Waals surface area contributed by atoms with E-state index in [4.69, 9.17) is 23.2 Å². The maximum atomic E-state index is 12.7. The fourth-order valence-corrected chi connectivity index (χ4v) is 5.34. The molecule has 0 N–H and O–H groups in total. The standard InChI is InChI=1S/C19H27ClN2OS.C6H5Cl.C3H6/c1-3-16(13-21(2)24-17-11-12-17)22-18(5-4-6-19(22)23)14-7-9-15(20)10-8-14;7-6-4-2-1-3-5-6;1-3-2/h7-10,16-18H,3-6,11-13H2,1-2H3;1-5H;3H,1H2,2H3/t16?,18-;;/m0../s1. The van der Waals surface area contributed by atoms with Gasteiger partial charge in [-0.3, -0.25) is 9.10 Å². The van der Waals surface area contributed by atoms with Crippen molar-refractivity contribution in [2.45, 2.75) is 69.7 Å². The average Bonchev–Trinajstić information content (AvgIpc) is 3.63. The maximum absolute atomic E-state index is 12.7. The molecule has 3 nitrogen and oxygen atoms in total. The van der Waals surface area contributed by atoms with E-state index in [9.17, 15) is 4.79 Å². The molecule has 1 saturated carbocycles. The van der Waals surface area contributed by atoms with Crippen LogP contribution >= 0.6 is 35.1 Å². The smallest absolute Gasteiger partial charge is 0.223 e. The summed E-state index contributed by atoms with van der Waals surface area (Å²) in [6.07, 6.45) is 8.12. The summed E-state index contributed by atoms with van der Waals surface area (Å²) in [5.74, 6) is 0.304. The first-order chi connectivity index (χ1) is 16.4. The number of carbonyl (C=O) groups is 1. The molecule has 1 unspecified atom stereocenters. The number of amides is 1. The predicted octanol–water partition coefficient (Wildman–Crippen LogP) is 8.45. The van der Waals surface area contributed by atoms with E-state index in [0.29, 0.717) is 12.3 Å². The van der Waals surface area contributed by atoms with Crippen molar-refractivity contribution < 1.29 is 4.79 Å². The Morgan fingerprint density at radius 3 is 2.18 bits per heavy atom. The first-order valence-corrected chi connectivity index (χ1v) is 13.7. The molecule has 0 radical (unpaired) electrons. The highest BCUT2D eigenvalue weighted by molar-refractivity contribution is 7.97. The van der Waals surface area contributed by atoms with E-state index < -0.39 is 0 Å². The molecule has 1 saturated heterocycles. The average molecular weight is 522 g/mol. The predicted molar refractivity (Wildman–Crippen MR) is 150 cm³/mol. The zero-order chi connectivity index (χ0) is 24.9. The van der Waals surface area contributed by atoms with Gasteiger partial charge in [0.2, 0.25) is 5.91 Å². The third-order valence-electron chi connectivity index (χ3n) is 5.67. The van der Waals surface area contributed by atoms with Crippen LogP contribution in [0, 0.1) is 0 Å². The van der Waals surface area contributed by atoms with Crippen LogP contribution in [0.15, 0.2) is 67.3 Å². The Hall–Kier alpha value is -1.46. The molecule has 2 aromatic rings. The highest BCUT2D eigenvalue weighted by Gasteiger charge is 2.35. The molecule has 1 aliphatic heterocycles. The third kappa shape index (κ3) is 10.0. The van der Waals surface area contributed by atoms with Crippen molar-refractivity contribution in [2.24, 2.45) is 0 Å². The quantitative estimate of drug-likeness (QED) is 0.270. The van der Waals surface area contributed by atoms with Gasteiger partial charge in [-0.1, -0.05) is 78.5 Å². The molecule has 2 aliphatic rings. The molecule has 4 rings (SSSR count). The largest absolute Gasteiger partial charge is 0.331 e. The lowest BCUT2D eigenvalue weighted by molar-refractivity contribution is -0.140. The minimum Gasteiger partial charge on any atom is -0.331 e. The van der Waals surface area contributed by atoms with Crippen molar-refractivity contribution in [3.8, 4) is 0 Å². The molecule has 2 fully saturated rings. The Morgan fingerprint density at radius 2 is 1.68 bits per heavy atom. The molecule has 34 heavy (non-hydrogen) atoms. The van der Waals surface area contributed by atoms with Crippen LogP contribution in [0.2, 0.25) is 10.0 Å². The van der Waals surface area contributed by atoms with Crippen LogP contribution in [-0.2, 0) is 4.79 Å². The number of likely N-dealkylation sites (N-methyl/N-ethyl adjacent to an activating group) is 1. The molecule has 2 aromatic carbocycles. The summed E-state index contributed by atoms with van der Waals surface area (Å²) < 4.78 is 2.34. The number of halogens is 2. The fraction of sp³-hybridized carbons (Fsp3) is 0.464. The van der Waals surface area contributed by atoms with Gasteiger partial charge in [0.25, 0.3) is 0 Å². The van der Waals surface area contributed by atoms with Crippen LogP contribution in [0.1, 0.15) is 64.0 Å². The first-order valence-electron chi connectivity index (χ1n) is 12.1. The highest BCUT2D eigenvalue weighted by Crippen LogP contribution is 2.38. The van der Waals surface area contributed by atoms with Crippen molar-refractivity contribution >= 4 is 41.1 Å². The minimum atomic E-state index is 0.188. The Balaban J connectivity index is 0.000000341. The molecular weight excluding hydrogens is 483 g/mol. The van der Waals surface area contributed by atoms with Crippen molar-refractivity contribution in [3.05, 3.63) is 82.9 Å². The number of likely N-dealkylation sites (tertiary alicyclic amines) is 1. The molecule has 0 bridgehead atoms. The summed E-state index contributed by atoms with van der Waals surface area (Å²) >= 11 is 13.5. The second-order valence-electron chi connectivity index (χ2n) is 8.64. The van der Waals surface area contributed by atoms with Crippen LogP contribution in [0.5, 0.6) is 0 Å². The Labute approximate surface area is 220 Å². The van der Waals surface area contributed by atoms with Gasteiger partial charge in [-0.05, 0) is 75.9 Å². The zero-order valence-corrected chi connectivity index (χ0v) is 23.0. The number of benzene rings is 2. The van der Waals surface area contributed by atoms with Gasteiger partial charge in [0.1, 0.15) is 0 Å². The number of carbonyl (C=O) groups excluding carboxylic acids is 1. The third-order valence-corrected chi connectivity index (χ3v) is 7.45. The van der Waals surface area contributed by atoms with E-state index in [2.05, 4.69) is 41.9 Å². The number of rotatable bonds is 7. The van der Waals surface area contributed by atoms with E-state index in [0.717, 1.165) is 41.1 Å². The van der Waals surface area contributed by atoms with Crippen molar-refractivity contribution in [3.63, 3.8) is 0 Å². The van der Waals surface area contributed by atoms with Crippen molar-refractivity contribution in [1.82, 2.24) is 9.21 Å². The van der Waals surface area contributed by atoms with Gasteiger partial charge >= 0.3 is 0 Å². The molecule has 0 aromatic heterocycles. The molecular formula is C28H38Cl2N2OS. The van der Waals surface area contributed by atoms with Gasteiger partial charge in [0.15, 0.2) is 0 Å². The van der Waals surface area contributed by atoms with Crippen LogP contribution in [0.3, 0.4) is 0 Å². The number of hydrogen-bond donors (Lipinski definition) is 0. The molecule has 1 aliphatic carbocycles. The van der Waals surface area contributed by atoms with Gasteiger partial charge in [0.05, 0.1) is 6.04 Å². The Morgan fingerprint density at radius 1 is 1.09 bits per heavy atom. The van der Waals surface area contributed by atoms with Crippen molar-refractivity contribution in [1.29, 1.82) is 0 Å². The molecule has 1 heterocycles. The number of hydrogen-bond acceptors (Lipinski definition) is 3. The summed E-state index contributed by atoms with van der Waals surface area (Å²) in [4.78, 5) is 14.9. The van der Waals surface area contributed by atoms with E-state index in [-0.39, 0.29) is 12.1 Å². The molecule has 1 amide bonds. The van der Waals surface area contributed by atoms with E-state index >= 15 is 0 Å². The second kappa shape index (κ2) is 15.5. The van der Waals surface area contributed by atoms with E-state index in [1.165, 1.54) is 18.4 Å². The van der Waals surface area contributed by atoms with E-state index in [1.807, 2.05) is 61.3 Å². The van der Waals surface area contributed by atoms with Crippen LogP contribution < -0.4 is 0 Å². The fourth-order valence-electron chi connectivity index (χ4n) is 3.96. The lowest BCUT2D eigenvalue weighted by Crippen LogP contribution is -2.48. The summed E-state index contributed by atoms with van der Waals surface area (Å²) in [6.45, 7) is 8.38. The van der Waals surface area contributed by atoms with Crippen LogP contribution in [-0.4, -0.2) is 40.0 Å². The maximum Gasteiger partial charge on any atom is 0.223 e. The number of allylic oxidation sites excluding steroid dienone is 1. The Kier molecular flexibility index (Phi) is 13.1. The van der Waals surface area contributed by atoms with Gasteiger partial charge < -0.3 is 4.90 Å². The molecule has 6 heteroatoms. The minimum absolute atomic E-state index is 0.188. The van der Waals surface area contributed by atoms with Crippen LogP contribution in [0.25, 0.3) is 0 Å². The summed E-state index contributed by atoms with van der Waals surface area (Å²) in [5, 5.41) is 2.35. The monoisotopic (exact) mass is 520 g/mol. The van der Waals surface area contributed by atoms with E-state index in [1.54, 1.807) is 6.08 Å². The van der Waals surface area contributed by atoms with Crippen LogP contribution in [0.4, 0.5) is 0 Å². The van der Waals surface area contributed by atoms with Gasteiger partial charge in [-0.15, -0.1) is 6.58 Å². The highest BCUT2D eigenvalue weighted by atomic mass is 35.5. The van der Waals surface area contributed by atoms with Crippen molar-refractivity contribution in [2.75, 3.05) is 13.6 Å². The van der Waals surface area contributed by atoms with Gasteiger partial charge in [-0.2, -0.15) is 0 Å². The molecule has 0 spiro atoms. The second-order valence-corrected chi connectivity index (χ2v) is 11.0. The zero-order valence-electron chi connectivity index (χ0n) is 20.6. The molecule has 2 atom stereocenters. The lowest BCUT2D eigenvalue weighted by Gasteiger charge is -2.42. The summed E-state index contributed by atoms with van der Waals surface area (Å²) in [7, 11) is 2.16.